The van der Waals surface area contributed by atoms with Crippen molar-refractivity contribution < 1.29 is 0 Å². The second-order valence-corrected chi connectivity index (χ2v) is 6.18. The topological polar surface area (TPSA) is 29.9 Å². The molecule has 1 heterocycles. The fraction of sp³-hybridized carbons (Fsp3) is 0.812. The van der Waals surface area contributed by atoms with Gasteiger partial charge in [-0.2, -0.15) is 0 Å². The molecule has 0 unspecified atom stereocenters. The number of hydrogen-bond donors (Lipinski definition) is 1. The molecule has 2 aliphatic rings. The van der Waals surface area contributed by atoms with E-state index in [2.05, 4.69) is 21.2 Å². The van der Waals surface area contributed by atoms with Crippen molar-refractivity contribution in [2.75, 3.05) is 6.54 Å². The lowest BCUT2D eigenvalue weighted by Crippen LogP contribution is -2.31. The second-order valence-electron chi connectivity index (χ2n) is 6.18. The van der Waals surface area contributed by atoms with Gasteiger partial charge in [-0.15, -0.1) is 0 Å². The van der Waals surface area contributed by atoms with E-state index in [0.29, 0.717) is 0 Å². The minimum atomic E-state index is 0.766. The van der Waals surface area contributed by atoms with Crippen LogP contribution in [0, 0.1) is 0 Å². The maximum atomic E-state index is 4.57. The lowest BCUT2D eigenvalue weighted by Gasteiger charge is -2.18. The normalized spacial score (nSPS) is 21.1. The molecule has 19 heavy (non-hydrogen) atoms. The fourth-order valence-electron chi connectivity index (χ4n) is 3.60. The summed E-state index contributed by atoms with van der Waals surface area (Å²) >= 11 is 0. The molecule has 0 radical (unpaired) electrons. The van der Waals surface area contributed by atoms with Gasteiger partial charge in [0, 0.05) is 24.8 Å². The van der Waals surface area contributed by atoms with E-state index in [-0.39, 0.29) is 0 Å². The number of aryl methyl sites for hydroxylation is 1. The van der Waals surface area contributed by atoms with Crippen LogP contribution in [0.15, 0.2) is 6.33 Å². The molecule has 3 rings (SSSR count). The van der Waals surface area contributed by atoms with Crippen LogP contribution < -0.4 is 5.32 Å². The van der Waals surface area contributed by atoms with Gasteiger partial charge in [0.2, 0.25) is 0 Å². The number of fused-ring (bicyclic) bond motifs is 1. The van der Waals surface area contributed by atoms with Crippen LogP contribution in [-0.2, 0) is 19.4 Å². The molecule has 0 aromatic carbocycles. The van der Waals surface area contributed by atoms with Gasteiger partial charge < -0.3 is 9.88 Å². The Kier molecular flexibility index (Phi) is 4.54. The zero-order valence-corrected chi connectivity index (χ0v) is 12.0. The Balaban J connectivity index is 1.48. The highest BCUT2D eigenvalue weighted by molar-refractivity contribution is 5.16. The molecule has 1 aromatic rings. The molecule has 1 saturated carbocycles. The Labute approximate surface area is 116 Å². The summed E-state index contributed by atoms with van der Waals surface area (Å²) in [5.41, 5.74) is 2.87. The molecule has 0 spiro atoms. The molecular formula is C16H27N3. The molecule has 0 atom stereocenters. The summed E-state index contributed by atoms with van der Waals surface area (Å²) in [6.45, 7) is 2.20. The number of hydrogen-bond acceptors (Lipinski definition) is 2. The van der Waals surface area contributed by atoms with Crippen molar-refractivity contribution in [3.63, 3.8) is 0 Å². The summed E-state index contributed by atoms with van der Waals surface area (Å²) in [4.78, 5) is 4.57. The Morgan fingerprint density at radius 2 is 1.84 bits per heavy atom. The van der Waals surface area contributed by atoms with E-state index < -0.39 is 0 Å². The first-order valence-corrected chi connectivity index (χ1v) is 8.20. The first-order valence-electron chi connectivity index (χ1n) is 8.20. The monoisotopic (exact) mass is 261 g/mol. The zero-order valence-electron chi connectivity index (χ0n) is 12.0. The number of nitrogens with zero attached hydrogens (tertiary/aromatic N) is 2. The number of imidazole rings is 1. The van der Waals surface area contributed by atoms with Crippen molar-refractivity contribution in [3.8, 4) is 0 Å². The van der Waals surface area contributed by atoms with Gasteiger partial charge in [0.15, 0.2) is 0 Å². The largest absolute Gasteiger partial charge is 0.333 e. The van der Waals surface area contributed by atoms with E-state index in [9.17, 15) is 0 Å². The Morgan fingerprint density at radius 3 is 2.68 bits per heavy atom. The predicted molar refractivity (Wildman–Crippen MR) is 78.4 cm³/mol. The van der Waals surface area contributed by atoms with Crippen molar-refractivity contribution in [2.45, 2.75) is 76.8 Å². The minimum Gasteiger partial charge on any atom is -0.333 e. The van der Waals surface area contributed by atoms with Gasteiger partial charge in [0.1, 0.15) is 0 Å². The van der Waals surface area contributed by atoms with Crippen molar-refractivity contribution in [3.05, 3.63) is 17.7 Å². The quantitative estimate of drug-likeness (QED) is 0.844. The third-order valence-electron chi connectivity index (χ3n) is 4.75. The molecule has 3 heteroatoms. The maximum Gasteiger partial charge on any atom is 0.0952 e. The van der Waals surface area contributed by atoms with E-state index in [1.807, 2.05) is 0 Å². The average Bonchev–Trinajstić information content (AvgIpc) is 2.68. The van der Waals surface area contributed by atoms with Crippen LogP contribution in [0.1, 0.15) is 62.8 Å². The molecule has 1 fully saturated rings. The van der Waals surface area contributed by atoms with Crippen LogP contribution in [0.2, 0.25) is 0 Å². The number of rotatable bonds is 4. The summed E-state index contributed by atoms with van der Waals surface area (Å²) < 4.78 is 2.39. The summed E-state index contributed by atoms with van der Waals surface area (Å²) in [6.07, 6.45) is 15.6. The van der Waals surface area contributed by atoms with Crippen LogP contribution in [-0.4, -0.2) is 22.1 Å². The van der Waals surface area contributed by atoms with Crippen LogP contribution in [0.25, 0.3) is 0 Å². The van der Waals surface area contributed by atoms with Crippen LogP contribution >= 0.6 is 0 Å². The van der Waals surface area contributed by atoms with Gasteiger partial charge in [-0.3, -0.25) is 0 Å². The minimum absolute atomic E-state index is 0.766. The summed E-state index contributed by atoms with van der Waals surface area (Å²) in [5.74, 6) is 0. The lowest BCUT2D eigenvalue weighted by molar-refractivity contribution is 0.441. The summed E-state index contributed by atoms with van der Waals surface area (Å²) in [7, 11) is 0. The van der Waals surface area contributed by atoms with Crippen molar-refractivity contribution in [2.24, 2.45) is 0 Å². The first kappa shape index (κ1) is 13.2. The van der Waals surface area contributed by atoms with Crippen molar-refractivity contribution >= 4 is 0 Å². The Morgan fingerprint density at radius 1 is 1.05 bits per heavy atom. The van der Waals surface area contributed by atoms with Crippen LogP contribution in [0.4, 0.5) is 0 Å². The average molecular weight is 261 g/mol. The van der Waals surface area contributed by atoms with Crippen LogP contribution in [0.5, 0.6) is 0 Å². The fourth-order valence-corrected chi connectivity index (χ4v) is 3.60. The lowest BCUT2D eigenvalue weighted by atomic mass is 10.0. The van der Waals surface area contributed by atoms with E-state index in [0.717, 1.165) is 19.1 Å². The van der Waals surface area contributed by atoms with Crippen LogP contribution in [0.3, 0.4) is 0 Å². The van der Waals surface area contributed by atoms with E-state index in [1.54, 1.807) is 0 Å². The number of nitrogens with one attached hydrogen (secondary N) is 1. The molecule has 3 nitrogen and oxygen atoms in total. The predicted octanol–water partition coefficient (Wildman–Crippen LogP) is 3.07. The van der Waals surface area contributed by atoms with Crippen molar-refractivity contribution in [1.82, 2.24) is 14.9 Å². The maximum absolute atomic E-state index is 4.57. The first-order chi connectivity index (χ1) is 9.43. The van der Waals surface area contributed by atoms with Gasteiger partial charge in [0.05, 0.1) is 12.0 Å². The molecule has 106 valence electrons. The summed E-state index contributed by atoms with van der Waals surface area (Å²) in [6, 6.07) is 0.766. The van der Waals surface area contributed by atoms with E-state index in [1.165, 1.54) is 75.6 Å². The van der Waals surface area contributed by atoms with Gasteiger partial charge in [-0.25, -0.2) is 4.98 Å². The Hall–Kier alpha value is -0.830. The molecule has 0 bridgehead atoms. The highest BCUT2D eigenvalue weighted by Crippen LogP contribution is 2.20. The molecule has 1 aromatic heterocycles. The molecule has 0 saturated heterocycles. The molecular weight excluding hydrogens is 234 g/mol. The molecule has 0 aliphatic heterocycles. The van der Waals surface area contributed by atoms with E-state index >= 15 is 0 Å². The smallest absolute Gasteiger partial charge is 0.0952 e. The number of aromatic nitrogens is 2. The van der Waals surface area contributed by atoms with E-state index in [4.69, 9.17) is 0 Å². The molecule has 0 amide bonds. The standard InChI is InChI=1S/C16H27N3/c1-2-4-8-14(7-3-1)17-11-12-19-13-18-15-9-5-6-10-16(15)19/h13-14,17H,1-12H2. The van der Waals surface area contributed by atoms with Crippen molar-refractivity contribution in [1.29, 1.82) is 0 Å². The zero-order chi connectivity index (χ0) is 12.9. The van der Waals surface area contributed by atoms with Gasteiger partial charge >= 0.3 is 0 Å². The van der Waals surface area contributed by atoms with Gasteiger partial charge in [-0.05, 0) is 38.5 Å². The third kappa shape index (κ3) is 3.38. The second kappa shape index (κ2) is 6.56. The third-order valence-corrected chi connectivity index (χ3v) is 4.75. The summed E-state index contributed by atoms with van der Waals surface area (Å²) in [5, 5.41) is 3.76. The molecule has 1 N–H and O–H groups in total. The highest BCUT2D eigenvalue weighted by atomic mass is 15.1. The SMILES string of the molecule is c1nc2c(n1CCNC1CCCCCC1)CCCC2. The van der Waals surface area contributed by atoms with Gasteiger partial charge in [-0.1, -0.05) is 25.7 Å². The Bertz CT molecular complexity index is 389. The molecule has 2 aliphatic carbocycles. The highest BCUT2D eigenvalue weighted by Gasteiger charge is 2.15. The van der Waals surface area contributed by atoms with Gasteiger partial charge in [0.25, 0.3) is 0 Å².